The summed E-state index contributed by atoms with van der Waals surface area (Å²) in [6, 6.07) is 0. The summed E-state index contributed by atoms with van der Waals surface area (Å²) in [7, 11) is 0. The molecule has 0 atom stereocenters. The molecule has 20 heavy (non-hydrogen) atoms. The molecule has 0 aromatic rings. The second kappa shape index (κ2) is 5.38. The van der Waals surface area contributed by atoms with Crippen molar-refractivity contribution in [2.45, 2.75) is 51.9 Å². The van der Waals surface area contributed by atoms with Gasteiger partial charge in [-0.3, -0.25) is 9.59 Å². The normalized spacial score (nSPS) is 26.4. The first-order valence-corrected chi connectivity index (χ1v) is 8.22. The van der Waals surface area contributed by atoms with E-state index < -0.39 is 5.41 Å². The molecule has 4 heteroatoms. The summed E-state index contributed by atoms with van der Waals surface area (Å²) in [5.74, 6) is 0.966. The summed E-state index contributed by atoms with van der Waals surface area (Å²) in [4.78, 5) is 29.4. The first-order valence-electron chi connectivity index (χ1n) is 8.22. The molecule has 1 saturated carbocycles. The van der Waals surface area contributed by atoms with E-state index in [1.165, 1.54) is 6.42 Å². The molecular weight excluding hydrogens is 252 g/mol. The summed E-state index contributed by atoms with van der Waals surface area (Å²) >= 11 is 0. The smallest absolute Gasteiger partial charge is 0.238 e. The summed E-state index contributed by atoms with van der Waals surface area (Å²) in [5, 5.41) is 0. The van der Waals surface area contributed by atoms with E-state index in [-0.39, 0.29) is 11.8 Å². The van der Waals surface area contributed by atoms with Crippen LogP contribution in [0.25, 0.3) is 0 Å². The monoisotopic (exact) mass is 278 g/mol. The van der Waals surface area contributed by atoms with Crippen LogP contribution in [0, 0.1) is 11.3 Å². The quantitative estimate of drug-likeness (QED) is 0.725. The van der Waals surface area contributed by atoms with Crippen molar-refractivity contribution in [1.29, 1.82) is 0 Å². The zero-order valence-electron chi connectivity index (χ0n) is 12.6. The maximum Gasteiger partial charge on any atom is 0.238 e. The lowest BCUT2D eigenvalue weighted by atomic mass is 9.95. The highest BCUT2D eigenvalue weighted by Crippen LogP contribution is 2.49. The summed E-state index contributed by atoms with van der Waals surface area (Å²) in [6.45, 7) is 5.63. The van der Waals surface area contributed by atoms with Crippen LogP contribution in [0.3, 0.4) is 0 Å². The van der Waals surface area contributed by atoms with Crippen molar-refractivity contribution in [1.82, 2.24) is 9.80 Å². The Kier molecular flexibility index (Phi) is 3.74. The van der Waals surface area contributed by atoms with Crippen molar-refractivity contribution in [2.75, 3.05) is 26.2 Å². The largest absolute Gasteiger partial charge is 0.342 e. The average Bonchev–Trinajstić information content (AvgIpc) is 3.29. The fourth-order valence-corrected chi connectivity index (χ4v) is 3.56. The highest BCUT2D eigenvalue weighted by atomic mass is 16.2. The average molecular weight is 278 g/mol. The Bertz CT molecular complexity index is 389. The van der Waals surface area contributed by atoms with Crippen LogP contribution in [0.15, 0.2) is 0 Å². The SMILES string of the molecule is CC1CCN(C(=O)C2(C(=O)N3CCCCC3)CC2)CC1. The molecule has 0 aromatic heterocycles. The Morgan fingerprint density at radius 1 is 0.850 bits per heavy atom. The van der Waals surface area contributed by atoms with Gasteiger partial charge in [0.15, 0.2) is 0 Å². The number of hydrogen-bond donors (Lipinski definition) is 0. The molecule has 4 nitrogen and oxygen atoms in total. The number of carbonyl (C=O) groups excluding carboxylic acids is 2. The summed E-state index contributed by atoms with van der Waals surface area (Å²) in [5.41, 5.74) is -0.655. The molecule has 3 rings (SSSR count). The first kappa shape index (κ1) is 13.9. The molecule has 0 radical (unpaired) electrons. The van der Waals surface area contributed by atoms with E-state index in [2.05, 4.69) is 6.92 Å². The molecule has 3 fully saturated rings. The standard InChI is InChI=1S/C16H26N2O2/c1-13-5-11-18(12-6-13)15(20)16(7-8-16)14(19)17-9-3-2-4-10-17/h13H,2-12H2,1H3. The summed E-state index contributed by atoms with van der Waals surface area (Å²) < 4.78 is 0. The topological polar surface area (TPSA) is 40.6 Å². The molecule has 0 bridgehead atoms. The number of carbonyl (C=O) groups is 2. The third kappa shape index (κ3) is 2.45. The second-order valence-electron chi connectivity index (χ2n) is 6.91. The molecule has 2 aliphatic heterocycles. The van der Waals surface area contributed by atoms with Crippen LogP contribution in [-0.4, -0.2) is 47.8 Å². The molecule has 0 unspecified atom stereocenters. The van der Waals surface area contributed by atoms with Crippen LogP contribution in [0.5, 0.6) is 0 Å². The predicted octanol–water partition coefficient (Wildman–Crippen LogP) is 2.04. The van der Waals surface area contributed by atoms with Crippen LogP contribution >= 0.6 is 0 Å². The lowest BCUT2D eigenvalue weighted by molar-refractivity contribution is -0.150. The second-order valence-corrected chi connectivity index (χ2v) is 6.91. The van der Waals surface area contributed by atoms with Gasteiger partial charge in [-0.15, -0.1) is 0 Å². The third-order valence-electron chi connectivity index (χ3n) is 5.28. The van der Waals surface area contributed by atoms with Gasteiger partial charge in [-0.05, 0) is 50.9 Å². The van der Waals surface area contributed by atoms with Crippen molar-refractivity contribution in [2.24, 2.45) is 11.3 Å². The Morgan fingerprint density at radius 3 is 1.85 bits per heavy atom. The van der Waals surface area contributed by atoms with Crippen LogP contribution in [0.4, 0.5) is 0 Å². The molecule has 0 spiro atoms. The first-order chi connectivity index (χ1) is 9.63. The van der Waals surface area contributed by atoms with Gasteiger partial charge in [-0.1, -0.05) is 6.92 Å². The van der Waals surface area contributed by atoms with Crippen molar-refractivity contribution >= 4 is 11.8 Å². The molecule has 3 aliphatic rings. The van der Waals surface area contributed by atoms with Gasteiger partial charge in [0, 0.05) is 26.2 Å². The van der Waals surface area contributed by atoms with Crippen LogP contribution in [-0.2, 0) is 9.59 Å². The Hall–Kier alpha value is -1.06. The maximum absolute atomic E-state index is 12.8. The van der Waals surface area contributed by atoms with Crippen molar-refractivity contribution < 1.29 is 9.59 Å². The molecule has 1 aliphatic carbocycles. The Morgan fingerprint density at radius 2 is 1.35 bits per heavy atom. The number of amides is 2. The van der Waals surface area contributed by atoms with E-state index in [9.17, 15) is 9.59 Å². The van der Waals surface area contributed by atoms with E-state index in [1.54, 1.807) is 0 Å². The summed E-state index contributed by atoms with van der Waals surface area (Å²) in [6.07, 6.45) is 7.11. The number of rotatable bonds is 2. The minimum atomic E-state index is -0.655. The Labute approximate surface area is 121 Å². The van der Waals surface area contributed by atoms with Crippen LogP contribution in [0.1, 0.15) is 51.9 Å². The minimum absolute atomic E-state index is 0.125. The lowest BCUT2D eigenvalue weighted by Crippen LogP contribution is -2.50. The van der Waals surface area contributed by atoms with Crippen molar-refractivity contribution in [3.8, 4) is 0 Å². The van der Waals surface area contributed by atoms with E-state index in [4.69, 9.17) is 0 Å². The van der Waals surface area contributed by atoms with Crippen LogP contribution in [0.2, 0.25) is 0 Å². The number of likely N-dealkylation sites (tertiary alicyclic amines) is 2. The van der Waals surface area contributed by atoms with Gasteiger partial charge in [0.05, 0.1) is 0 Å². The molecule has 112 valence electrons. The molecule has 0 aromatic carbocycles. The zero-order chi connectivity index (χ0) is 14.2. The van der Waals surface area contributed by atoms with Crippen molar-refractivity contribution in [3.05, 3.63) is 0 Å². The number of piperidine rings is 2. The number of hydrogen-bond acceptors (Lipinski definition) is 2. The highest BCUT2D eigenvalue weighted by molar-refractivity contribution is 6.07. The van der Waals surface area contributed by atoms with Gasteiger partial charge in [0.2, 0.25) is 11.8 Å². The van der Waals surface area contributed by atoms with Crippen molar-refractivity contribution in [3.63, 3.8) is 0 Å². The van der Waals surface area contributed by atoms with Gasteiger partial charge in [0.1, 0.15) is 5.41 Å². The fourth-order valence-electron chi connectivity index (χ4n) is 3.56. The van der Waals surface area contributed by atoms with Gasteiger partial charge in [-0.2, -0.15) is 0 Å². The van der Waals surface area contributed by atoms with Crippen LogP contribution < -0.4 is 0 Å². The molecular formula is C16H26N2O2. The zero-order valence-corrected chi connectivity index (χ0v) is 12.6. The predicted molar refractivity (Wildman–Crippen MR) is 77.1 cm³/mol. The third-order valence-corrected chi connectivity index (χ3v) is 5.28. The van der Waals surface area contributed by atoms with E-state index in [1.807, 2.05) is 9.80 Å². The number of nitrogens with zero attached hydrogens (tertiary/aromatic N) is 2. The minimum Gasteiger partial charge on any atom is -0.342 e. The lowest BCUT2D eigenvalue weighted by Gasteiger charge is -2.35. The van der Waals surface area contributed by atoms with E-state index in [0.717, 1.165) is 64.7 Å². The molecule has 2 saturated heterocycles. The van der Waals surface area contributed by atoms with E-state index >= 15 is 0 Å². The molecule has 2 amide bonds. The highest BCUT2D eigenvalue weighted by Gasteiger charge is 2.59. The van der Waals surface area contributed by atoms with Gasteiger partial charge < -0.3 is 9.80 Å². The van der Waals surface area contributed by atoms with Gasteiger partial charge >= 0.3 is 0 Å². The Balaban J connectivity index is 1.65. The van der Waals surface area contributed by atoms with E-state index in [0.29, 0.717) is 5.92 Å². The van der Waals surface area contributed by atoms with Gasteiger partial charge in [0.25, 0.3) is 0 Å². The fraction of sp³-hybridized carbons (Fsp3) is 0.875. The molecule has 2 heterocycles. The van der Waals surface area contributed by atoms with Gasteiger partial charge in [-0.25, -0.2) is 0 Å². The molecule has 0 N–H and O–H groups in total. The maximum atomic E-state index is 12.8.